The van der Waals surface area contributed by atoms with Gasteiger partial charge in [0.1, 0.15) is 36.1 Å². The molecule has 3 aromatic rings. The molecule has 2 aromatic carbocycles. The minimum Gasteiger partial charge on any atom is -0.508 e. The van der Waals surface area contributed by atoms with E-state index in [0.29, 0.717) is 25.0 Å². The number of hydrogen-bond donors (Lipinski definition) is 5. The minimum atomic E-state index is -1.51. The van der Waals surface area contributed by atoms with Gasteiger partial charge >= 0.3 is 11.9 Å². The number of aromatic hydroxyl groups is 1. The Labute approximate surface area is 289 Å². The molecule has 7 rings (SSSR count). The van der Waals surface area contributed by atoms with Crippen LogP contribution in [0.1, 0.15) is 49.9 Å². The number of carbonyl (C=O) groups excluding carboxylic acids is 4. The van der Waals surface area contributed by atoms with Gasteiger partial charge in [0.05, 0.1) is 6.04 Å². The number of imidazole rings is 1. The third kappa shape index (κ3) is 5.38. The number of aromatic amines is 1. The molecule has 7 atom stereocenters. The average molecular weight is 685 g/mol. The minimum absolute atomic E-state index is 0.0847. The lowest BCUT2D eigenvalue weighted by Gasteiger charge is -2.44. The van der Waals surface area contributed by atoms with Gasteiger partial charge in [-0.3, -0.25) is 29.0 Å². The van der Waals surface area contributed by atoms with E-state index in [4.69, 9.17) is 0 Å². The van der Waals surface area contributed by atoms with Gasteiger partial charge in [-0.25, -0.2) is 15.1 Å². The number of fused-ring (bicyclic) bond motifs is 1. The van der Waals surface area contributed by atoms with Gasteiger partial charge in [0, 0.05) is 19.4 Å². The standard InChI is InChI=1S/C36H41N7O7/c1-3-21(2)30-34(48)42-29(33(47)40-15-7-10-28(40)31(45)38-27(35(49)50)17-22-8-5-4-6-9-22)18-24-19-37-20-41(24)36(42)39-26(32(46)43(30)36)16-23-11-13-25(44)14-12-23/h4-6,8-9,11-14,19-21,26-30,39H,3,7,10,15-18H2,1-2H3,(H3,38,44,45,49,50)/p+1. The molecule has 0 aliphatic carbocycles. The number of aromatic nitrogens is 2. The molecule has 4 amide bonds. The zero-order valence-electron chi connectivity index (χ0n) is 28.0. The van der Waals surface area contributed by atoms with E-state index >= 15 is 0 Å². The Morgan fingerprint density at radius 3 is 2.46 bits per heavy atom. The van der Waals surface area contributed by atoms with Crippen molar-refractivity contribution >= 4 is 29.6 Å². The number of hydrogen-bond acceptors (Lipinski definition) is 7. The predicted octanol–water partition coefficient (Wildman–Crippen LogP) is 0.603. The van der Waals surface area contributed by atoms with Crippen molar-refractivity contribution in [1.29, 1.82) is 0 Å². The van der Waals surface area contributed by atoms with Crippen LogP contribution in [0.25, 0.3) is 0 Å². The van der Waals surface area contributed by atoms with Crippen LogP contribution in [0.3, 0.4) is 0 Å². The zero-order valence-corrected chi connectivity index (χ0v) is 28.0. The Bertz CT molecular complexity index is 1810. The van der Waals surface area contributed by atoms with Crippen LogP contribution >= 0.6 is 0 Å². The maximum Gasteiger partial charge on any atom is 0.335 e. The van der Waals surface area contributed by atoms with Crippen LogP contribution in [0, 0.1) is 5.92 Å². The predicted molar refractivity (Wildman–Crippen MR) is 177 cm³/mol. The fourth-order valence-corrected chi connectivity index (χ4v) is 8.12. The molecule has 14 heteroatoms. The first-order valence-electron chi connectivity index (χ1n) is 17.2. The summed E-state index contributed by atoms with van der Waals surface area (Å²) >= 11 is 0. The van der Waals surface area contributed by atoms with Gasteiger partial charge in [0.2, 0.25) is 24.0 Å². The fourth-order valence-electron chi connectivity index (χ4n) is 8.12. The first kappa shape index (κ1) is 33.3. The first-order valence-corrected chi connectivity index (χ1v) is 17.2. The van der Waals surface area contributed by atoms with E-state index in [9.17, 15) is 34.2 Å². The first-order chi connectivity index (χ1) is 24.0. The molecule has 0 bridgehead atoms. The maximum absolute atomic E-state index is 14.7. The lowest BCUT2D eigenvalue weighted by Crippen LogP contribution is -2.80. The van der Waals surface area contributed by atoms with Crippen LogP contribution in [0.4, 0.5) is 0 Å². The van der Waals surface area contributed by atoms with Gasteiger partial charge in [-0.15, -0.1) is 0 Å². The lowest BCUT2D eigenvalue weighted by molar-refractivity contribution is -0.818. The Balaban J connectivity index is 1.21. The molecule has 5 heterocycles. The van der Waals surface area contributed by atoms with E-state index in [-0.39, 0.29) is 49.3 Å². The number of phenols is 1. The van der Waals surface area contributed by atoms with E-state index in [0.717, 1.165) is 11.1 Å². The summed E-state index contributed by atoms with van der Waals surface area (Å²) in [6.45, 7) is 4.14. The van der Waals surface area contributed by atoms with Gasteiger partial charge in [-0.1, -0.05) is 62.7 Å². The highest BCUT2D eigenvalue weighted by Gasteiger charge is 2.74. The fraction of sp³-hybridized carbons (Fsp3) is 0.444. The number of amides is 4. The second-order valence-corrected chi connectivity index (χ2v) is 13.7. The van der Waals surface area contributed by atoms with Crippen LogP contribution in [0.15, 0.2) is 67.1 Å². The Hall–Kier alpha value is -5.24. The molecule has 7 unspecified atom stereocenters. The van der Waals surface area contributed by atoms with Crippen molar-refractivity contribution in [2.75, 3.05) is 6.54 Å². The number of nitrogens with zero attached hydrogens (tertiary/aromatic N) is 4. The molecule has 14 nitrogen and oxygen atoms in total. The number of carboxylic acids is 1. The number of nitrogens with one attached hydrogen (secondary N) is 3. The summed E-state index contributed by atoms with van der Waals surface area (Å²) in [5.41, 5.74) is 2.26. The number of rotatable bonds is 10. The number of carbonyl (C=O) groups is 5. The molecule has 3 saturated heterocycles. The number of phenolic OH excluding ortho intramolecular Hbond substituents is 1. The van der Waals surface area contributed by atoms with Crippen LogP contribution in [-0.2, 0) is 49.1 Å². The molecule has 5 N–H and O–H groups in total. The SMILES string of the molecule is CCC(C)C1C(=O)N2C(C(=O)N3CCCC3C(=O)NC(Cc3ccccc3)C(=O)O)Cc3c[nH]c[n+]3C23NC(Cc2ccc(O)cc2)C(=O)N13. The van der Waals surface area contributed by atoms with Gasteiger partial charge in [-0.05, 0) is 48.4 Å². The monoisotopic (exact) mass is 684 g/mol. The zero-order chi connectivity index (χ0) is 35.3. The second kappa shape index (κ2) is 12.9. The van der Waals surface area contributed by atoms with Crippen molar-refractivity contribution in [1.82, 2.24) is 30.3 Å². The summed E-state index contributed by atoms with van der Waals surface area (Å²) in [6, 6.07) is 10.9. The largest absolute Gasteiger partial charge is 0.508 e. The summed E-state index contributed by atoms with van der Waals surface area (Å²) in [7, 11) is 0. The maximum atomic E-state index is 14.7. The summed E-state index contributed by atoms with van der Waals surface area (Å²) in [5.74, 6) is -4.43. The highest BCUT2D eigenvalue weighted by molar-refractivity contribution is 5.99. The Morgan fingerprint density at radius 2 is 1.76 bits per heavy atom. The number of aliphatic carboxylic acids is 1. The van der Waals surface area contributed by atoms with Crippen molar-refractivity contribution in [3.63, 3.8) is 0 Å². The Morgan fingerprint density at radius 1 is 1.02 bits per heavy atom. The number of benzene rings is 2. The van der Waals surface area contributed by atoms with E-state index in [2.05, 4.69) is 15.6 Å². The summed E-state index contributed by atoms with van der Waals surface area (Å²) in [6.07, 6.45) is 5.44. The van der Waals surface area contributed by atoms with E-state index in [1.54, 1.807) is 66.0 Å². The van der Waals surface area contributed by atoms with Gasteiger partial charge in [-0.2, -0.15) is 4.57 Å². The third-order valence-electron chi connectivity index (χ3n) is 10.7. The van der Waals surface area contributed by atoms with Crippen LogP contribution in [-0.4, -0.2) is 96.2 Å². The quantitative estimate of drug-likeness (QED) is 0.193. The molecule has 0 radical (unpaired) electrons. The normalized spacial score (nSPS) is 26.7. The van der Waals surface area contributed by atoms with E-state index in [1.165, 1.54) is 9.80 Å². The molecule has 1 spiro atoms. The van der Waals surface area contributed by atoms with Gasteiger partial charge in [0.15, 0.2) is 5.69 Å². The molecule has 4 aliphatic heterocycles. The lowest BCUT2D eigenvalue weighted by atomic mass is 9.96. The third-order valence-corrected chi connectivity index (χ3v) is 10.7. The number of carboxylic acid groups (broad SMARTS) is 1. The van der Waals surface area contributed by atoms with Crippen molar-refractivity contribution < 1.29 is 38.8 Å². The van der Waals surface area contributed by atoms with Crippen LogP contribution < -0.4 is 15.2 Å². The molecular formula is C36H42N7O7+. The van der Waals surface area contributed by atoms with E-state index < -0.39 is 53.9 Å². The molecule has 50 heavy (non-hydrogen) atoms. The van der Waals surface area contributed by atoms with E-state index in [1.807, 2.05) is 24.5 Å². The molecule has 1 aromatic heterocycles. The Kier molecular flexibility index (Phi) is 8.58. The van der Waals surface area contributed by atoms with Crippen molar-refractivity contribution in [3.05, 3.63) is 83.9 Å². The van der Waals surface area contributed by atoms with Gasteiger partial charge in [0.25, 0.3) is 5.91 Å². The van der Waals surface area contributed by atoms with Crippen molar-refractivity contribution in [2.45, 2.75) is 88.5 Å². The van der Waals surface area contributed by atoms with Crippen LogP contribution in [0.2, 0.25) is 0 Å². The van der Waals surface area contributed by atoms with Gasteiger partial charge < -0.3 is 20.4 Å². The average Bonchev–Trinajstić information content (AvgIpc) is 3.89. The molecule has 4 aliphatic rings. The highest BCUT2D eigenvalue weighted by Crippen LogP contribution is 2.44. The highest BCUT2D eigenvalue weighted by atomic mass is 16.4. The van der Waals surface area contributed by atoms with Crippen molar-refractivity contribution in [2.24, 2.45) is 5.92 Å². The van der Waals surface area contributed by atoms with Crippen molar-refractivity contribution in [3.8, 4) is 5.75 Å². The molecule has 262 valence electrons. The summed E-state index contributed by atoms with van der Waals surface area (Å²) < 4.78 is 1.82. The summed E-state index contributed by atoms with van der Waals surface area (Å²) in [5, 5.41) is 25.9. The smallest absolute Gasteiger partial charge is 0.335 e. The second-order valence-electron chi connectivity index (χ2n) is 13.7. The summed E-state index contributed by atoms with van der Waals surface area (Å²) in [4.78, 5) is 77.3. The van der Waals surface area contributed by atoms with Crippen LogP contribution in [0.5, 0.6) is 5.75 Å². The number of H-pyrrole nitrogens is 1. The number of likely N-dealkylation sites (tertiary alicyclic amines) is 1. The molecule has 0 saturated carbocycles. The molecule has 3 fully saturated rings. The molecular weight excluding hydrogens is 642 g/mol. The topological polar surface area (TPSA) is 179 Å².